The summed E-state index contributed by atoms with van der Waals surface area (Å²) < 4.78 is 0. The summed E-state index contributed by atoms with van der Waals surface area (Å²) in [5.41, 5.74) is 11.5. The summed E-state index contributed by atoms with van der Waals surface area (Å²) >= 11 is 0. The Morgan fingerprint density at radius 3 is 2.12 bits per heavy atom. The molecule has 1 rings (SSSR count). The van der Waals surface area contributed by atoms with Crippen LogP contribution in [0.3, 0.4) is 0 Å². The van der Waals surface area contributed by atoms with Crippen molar-refractivity contribution in [2.75, 3.05) is 0 Å². The fraction of sp³-hybridized carbons (Fsp3) is 0.600. The molecular weight excluding hydrogens is 450 g/mol. The van der Waals surface area contributed by atoms with Crippen molar-refractivity contribution < 1.29 is 34.2 Å². The fourth-order valence-electron chi connectivity index (χ4n) is 3.03. The van der Waals surface area contributed by atoms with Crippen molar-refractivity contribution >= 4 is 29.6 Å². The van der Waals surface area contributed by atoms with Gasteiger partial charge in [-0.3, -0.25) is 19.2 Å². The number of carboxylic acids is 1. The van der Waals surface area contributed by atoms with E-state index in [1.165, 1.54) is 19.4 Å². The first-order chi connectivity index (χ1) is 15.8. The topological polar surface area (TPSA) is 243 Å². The zero-order valence-corrected chi connectivity index (χ0v) is 19.3. The molecule has 14 heteroatoms. The van der Waals surface area contributed by atoms with Crippen LogP contribution < -0.4 is 27.4 Å². The lowest BCUT2D eigenvalue weighted by Gasteiger charge is -2.27. The number of aliphatic carboxylic acids is 1. The van der Waals surface area contributed by atoms with Crippen molar-refractivity contribution in [3.05, 3.63) is 18.2 Å². The molecule has 1 aromatic rings. The van der Waals surface area contributed by atoms with Gasteiger partial charge in [0.2, 0.25) is 23.6 Å². The molecule has 0 bridgehead atoms. The molecule has 1 heterocycles. The van der Waals surface area contributed by atoms with Gasteiger partial charge in [0.15, 0.2) is 0 Å². The maximum Gasteiger partial charge on any atom is 0.326 e. The van der Waals surface area contributed by atoms with Crippen molar-refractivity contribution in [1.82, 2.24) is 25.9 Å². The van der Waals surface area contributed by atoms with E-state index in [1.807, 2.05) is 0 Å². The number of H-pyrrole nitrogens is 1. The number of aliphatic hydroxyl groups excluding tert-OH is 1. The van der Waals surface area contributed by atoms with Crippen LogP contribution in [0.1, 0.15) is 39.3 Å². The third-order valence-electron chi connectivity index (χ3n) is 4.75. The number of aromatic nitrogens is 2. The molecule has 5 unspecified atom stereocenters. The largest absolute Gasteiger partial charge is 0.480 e. The highest BCUT2D eigenvalue weighted by Crippen LogP contribution is 2.08. The highest BCUT2D eigenvalue weighted by molar-refractivity contribution is 5.95. The first-order valence-electron chi connectivity index (χ1n) is 10.6. The number of carbonyl (C=O) groups is 5. The van der Waals surface area contributed by atoms with E-state index in [0.717, 1.165) is 0 Å². The molecule has 0 aliphatic heterocycles. The minimum absolute atomic E-state index is 0.0992. The van der Waals surface area contributed by atoms with Crippen LogP contribution in [0.25, 0.3) is 0 Å². The average Bonchev–Trinajstić information content (AvgIpc) is 3.22. The number of nitrogens with zero attached hydrogens (tertiary/aromatic N) is 1. The molecule has 0 saturated heterocycles. The maximum atomic E-state index is 12.8. The number of aromatic amines is 1. The summed E-state index contributed by atoms with van der Waals surface area (Å²) in [4.78, 5) is 67.0. The van der Waals surface area contributed by atoms with Gasteiger partial charge in [0.05, 0.1) is 24.9 Å². The second-order valence-electron chi connectivity index (χ2n) is 8.37. The molecular formula is C20H33N7O7. The van der Waals surface area contributed by atoms with Crippen molar-refractivity contribution in [3.63, 3.8) is 0 Å². The predicted molar refractivity (Wildman–Crippen MR) is 119 cm³/mol. The average molecular weight is 484 g/mol. The van der Waals surface area contributed by atoms with Gasteiger partial charge in [-0.05, 0) is 19.3 Å². The standard InChI is InChI=1S/C20H33N7O7/c1-9(2)4-13(18(31)26-14(20(33)34)6-15(22)29)25-19(32)16(10(3)28)27-17(30)12(21)5-11-7-23-8-24-11/h7-10,12-14,16,28H,4-6,21H2,1-3H3,(H2,22,29)(H,23,24)(H,25,32)(H,26,31)(H,27,30)(H,33,34). The Labute approximate surface area is 196 Å². The highest BCUT2D eigenvalue weighted by Gasteiger charge is 2.33. The minimum atomic E-state index is -1.58. The monoisotopic (exact) mass is 483 g/mol. The molecule has 0 aliphatic rings. The Bertz CT molecular complexity index is 857. The van der Waals surface area contributed by atoms with Crippen LogP contribution in [0.2, 0.25) is 0 Å². The highest BCUT2D eigenvalue weighted by atomic mass is 16.4. The molecule has 34 heavy (non-hydrogen) atoms. The van der Waals surface area contributed by atoms with Crippen molar-refractivity contribution in [2.45, 2.75) is 70.3 Å². The van der Waals surface area contributed by atoms with E-state index < -0.39 is 66.3 Å². The Balaban J connectivity index is 2.91. The van der Waals surface area contributed by atoms with Crippen molar-refractivity contribution in [3.8, 4) is 0 Å². The number of carboxylic acid groups (broad SMARTS) is 1. The molecule has 14 nitrogen and oxygen atoms in total. The van der Waals surface area contributed by atoms with Crippen LogP contribution >= 0.6 is 0 Å². The van der Waals surface area contributed by atoms with Crippen LogP contribution in [-0.2, 0) is 30.4 Å². The lowest BCUT2D eigenvalue weighted by atomic mass is 10.0. The first kappa shape index (κ1) is 28.5. The third-order valence-corrected chi connectivity index (χ3v) is 4.75. The van der Waals surface area contributed by atoms with Gasteiger partial charge >= 0.3 is 5.97 Å². The molecule has 0 spiro atoms. The number of imidazole rings is 1. The quantitative estimate of drug-likeness (QED) is 0.135. The van der Waals surface area contributed by atoms with E-state index in [2.05, 4.69) is 25.9 Å². The second-order valence-corrected chi connectivity index (χ2v) is 8.37. The first-order valence-corrected chi connectivity index (χ1v) is 10.6. The molecule has 0 fully saturated rings. The van der Waals surface area contributed by atoms with Gasteiger partial charge < -0.3 is 42.6 Å². The van der Waals surface area contributed by atoms with E-state index in [9.17, 15) is 34.2 Å². The summed E-state index contributed by atoms with van der Waals surface area (Å²) in [5, 5.41) is 26.2. The van der Waals surface area contributed by atoms with E-state index in [-0.39, 0.29) is 18.8 Å². The molecule has 5 atom stereocenters. The number of nitrogens with two attached hydrogens (primary N) is 2. The number of amides is 4. The van der Waals surface area contributed by atoms with Crippen LogP contribution in [0.4, 0.5) is 0 Å². The van der Waals surface area contributed by atoms with Crippen LogP contribution in [0.5, 0.6) is 0 Å². The number of nitrogens with one attached hydrogen (secondary N) is 4. The molecule has 0 aromatic carbocycles. The number of aliphatic hydroxyl groups is 1. The Hall–Kier alpha value is -3.52. The second kappa shape index (κ2) is 13.3. The zero-order chi connectivity index (χ0) is 26.0. The lowest BCUT2D eigenvalue weighted by molar-refractivity contribution is -0.144. The van der Waals surface area contributed by atoms with Gasteiger partial charge in [0.25, 0.3) is 0 Å². The van der Waals surface area contributed by atoms with Gasteiger partial charge in [0.1, 0.15) is 18.1 Å². The van der Waals surface area contributed by atoms with Crippen molar-refractivity contribution in [2.24, 2.45) is 17.4 Å². The maximum absolute atomic E-state index is 12.8. The number of primary amides is 1. The van der Waals surface area contributed by atoms with Gasteiger partial charge in [-0.1, -0.05) is 13.8 Å². The minimum Gasteiger partial charge on any atom is -0.480 e. The van der Waals surface area contributed by atoms with E-state index in [4.69, 9.17) is 11.5 Å². The smallest absolute Gasteiger partial charge is 0.326 e. The molecule has 4 amide bonds. The Morgan fingerprint density at radius 2 is 1.65 bits per heavy atom. The molecule has 1 aromatic heterocycles. The number of carbonyl (C=O) groups excluding carboxylic acids is 4. The van der Waals surface area contributed by atoms with Crippen LogP contribution in [0.15, 0.2) is 12.5 Å². The van der Waals surface area contributed by atoms with E-state index >= 15 is 0 Å². The van der Waals surface area contributed by atoms with Gasteiger partial charge in [-0.2, -0.15) is 0 Å². The third kappa shape index (κ3) is 9.54. The Kier molecular flexibility index (Phi) is 11.1. The van der Waals surface area contributed by atoms with Crippen LogP contribution in [-0.4, -0.2) is 80.1 Å². The van der Waals surface area contributed by atoms with Crippen LogP contribution in [0, 0.1) is 5.92 Å². The molecule has 0 aliphatic carbocycles. The Morgan fingerprint density at radius 1 is 1.03 bits per heavy atom. The normalized spacial score (nSPS) is 15.5. The molecule has 0 saturated carbocycles. The number of hydrogen-bond donors (Lipinski definition) is 8. The van der Waals surface area contributed by atoms with E-state index in [0.29, 0.717) is 5.69 Å². The summed E-state index contributed by atoms with van der Waals surface area (Å²) in [5.74, 6) is -4.95. The summed E-state index contributed by atoms with van der Waals surface area (Å²) in [6.07, 6.45) is 1.15. The SMILES string of the molecule is CC(C)CC(NC(=O)C(NC(=O)C(N)Cc1cnc[nH]1)C(C)O)C(=O)NC(CC(N)=O)C(=O)O. The van der Waals surface area contributed by atoms with Gasteiger partial charge in [-0.25, -0.2) is 9.78 Å². The predicted octanol–water partition coefficient (Wildman–Crippen LogP) is -2.88. The molecule has 10 N–H and O–H groups in total. The zero-order valence-electron chi connectivity index (χ0n) is 19.3. The van der Waals surface area contributed by atoms with Gasteiger partial charge in [-0.15, -0.1) is 0 Å². The number of rotatable bonds is 14. The summed E-state index contributed by atoms with van der Waals surface area (Å²) in [6, 6.07) is -5.28. The van der Waals surface area contributed by atoms with E-state index in [1.54, 1.807) is 13.8 Å². The number of hydrogen-bond acceptors (Lipinski definition) is 8. The lowest BCUT2D eigenvalue weighted by Crippen LogP contribution is -2.60. The molecule has 190 valence electrons. The fourth-order valence-corrected chi connectivity index (χ4v) is 3.03. The summed E-state index contributed by atoms with van der Waals surface area (Å²) in [7, 11) is 0. The van der Waals surface area contributed by atoms with Gasteiger partial charge in [0, 0.05) is 18.3 Å². The summed E-state index contributed by atoms with van der Waals surface area (Å²) in [6.45, 7) is 4.82. The van der Waals surface area contributed by atoms with Crippen molar-refractivity contribution in [1.29, 1.82) is 0 Å². The molecule has 0 radical (unpaired) electrons.